The molecule has 0 saturated carbocycles. The second-order valence-corrected chi connectivity index (χ2v) is 4.31. The third kappa shape index (κ3) is 9.24. The lowest BCUT2D eigenvalue weighted by atomic mass is 9.89. The molecule has 0 aromatic carbocycles. The maximum absolute atomic E-state index is 10.6. The smallest absolute Gasteiger partial charge is 0.130 e. The fourth-order valence-corrected chi connectivity index (χ4v) is 1.05. The van der Waals surface area contributed by atoms with Gasteiger partial charge in [0.15, 0.2) is 0 Å². The predicted molar refractivity (Wildman–Crippen MR) is 62.3 cm³/mol. The van der Waals surface area contributed by atoms with Gasteiger partial charge in [0.25, 0.3) is 0 Å². The zero-order valence-corrected chi connectivity index (χ0v) is 9.84. The molecule has 0 amide bonds. The highest BCUT2D eigenvalue weighted by Gasteiger charge is 2.10. The lowest BCUT2D eigenvalue weighted by Crippen LogP contribution is -2.05. The van der Waals surface area contributed by atoms with Crippen LogP contribution in [-0.4, -0.2) is 17.5 Å². The van der Waals surface area contributed by atoms with Gasteiger partial charge in [-0.05, 0) is 12.3 Å². The summed E-state index contributed by atoms with van der Waals surface area (Å²) in [5, 5.41) is 8.64. The minimum absolute atomic E-state index is 0.00798. The number of hydrogen-bond donors (Lipinski definition) is 1. The summed E-state index contributed by atoms with van der Waals surface area (Å²) in [6.45, 7) is 5.79. The maximum Gasteiger partial charge on any atom is 0.130 e. The zero-order valence-electron chi connectivity index (χ0n) is 9.84. The van der Waals surface area contributed by atoms with Crippen LogP contribution >= 0.6 is 0 Å². The Morgan fingerprint density at radius 2 is 2.07 bits per heavy atom. The van der Waals surface area contributed by atoms with E-state index in [0.717, 1.165) is 6.42 Å². The van der Waals surface area contributed by atoms with Crippen LogP contribution in [-0.2, 0) is 4.79 Å². The Morgan fingerprint density at radius 1 is 1.40 bits per heavy atom. The Bertz CT molecular complexity index is 277. The molecule has 0 saturated heterocycles. The van der Waals surface area contributed by atoms with E-state index in [4.69, 9.17) is 5.11 Å². The number of carbonyl (C=O) groups excluding carboxylic acids is 1. The van der Waals surface area contributed by atoms with Crippen LogP contribution < -0.4 is 0 Å². The third-order valence-electron chi connectivity index (χ3n) is 1.95. The summed E-state index contributed by atoms with van der Waals surface area (Å²) < 4.78 is 0. The average molecular weight is 208 g/mol. The fourth-order valence-electron chi connectivity index (χ4n) is 1.05. The Kier molecular flexibility index (Phi) is 6.73. The van der Waals surface area contributed by atoms with Crippen LogP contribution in [0.15, 0.2) is 12.2 Å². The topological polar surface area (TPSA) is 37.3 Å². The largest absolute Gasteiger partial charge is 0.392 e. The van der Waals surface area contributed by atoms with Crippen molar-refractivity contribution in [2.45, 2.75) is 40.0 Å². The van der Waals surface area contributed by atoms with E-state index < -0.39 is 0 Å². The van der Waals surface area contributed by atoms with Crippen LogP contribution in [0.3, 0.4) is 0 Å². The zero-order chi connectivity index (χ0) is 11.7. The molecule has 0 heterocycles. The predicted octanol–water partition coefficient (Wildman–Crippen LogP) is 2.32. The van der Waals surface area contributed by atoms with Crippen molar-refractivity contribution in [3.8, 4) is 11.8 Å². The lowest BCUT2D eigenvalue weighted by Gasteiger charge is -2.15. The van der Waals surface area contributed by atoms with E-state index in [-0.39, 0.29) is 17.8 Å². The Labute approximate surface area is 92.4 Å². The van der Waals surface area contributed by atoms with E-state index >= 15 is 0 Å². The summed E-state index contributed by atoms with van der Waals surface area (Å²) in [5.74, 6) is 6.22. The highest BCUT2D eigenvalue weighted by Crippen LogP contribution is 2.20. The monoisotopic (exact) mass is 208 g/mol. The molecule has 84 valence electrons. The normalized spacial score (nSPS) is 11.2. The molecule has 0 aliphatic rings. The van der Waals surface area contributed by atoms with E-state index in [9.17, 15) is 4.79 Å². The number of aliphatic hydroxyl groups is 1. The maximum atomic E-state index is 10.6. The van der Waals surface area contributed by atoms with E-state index in [2.05, 4.69) is 25.7 Å². The van der Waals surface area contributed by atoms with E-state index in [1.807, 2.05) is 6.08 Å². The molecule has 15 heavy (non-hydrogen) atoms. The minimum Gasteiger partial charge on any atom is -0.392 e. The standard InChI is InChI=1S/C13H20O2/c1-12(15)8-5-4-6-9-13(2,3)10-7-11-14/h7,10,14H,5,8-9,11H2,1-3H3/b10-7+. The van der Waals surface area contributed by atoms with Crippen molar-refractivity contribution in [3.05, 3.63) is 12.2 Å². The molecule has 2 nitrogen and oxygen atoms in total. The summed E-state index contributed by atoms with van der Waals surface area (Å²) in [6.07, 6.45) is 5.64. The van der Waals surface area contributed by atoms with Crippen molar-refractivity contribution < 1.29 is 9.90 Å². The van der Waals surface area contributed by atoms with E-state index in [1.54, 1.807) is 13.0 Å². The summed E-state index contributed by atoms with van der Waals surface area (Å²) >= 11 is 0. The quantitative estimate of drug-likeness (QED) is 0.556. The van der Waals surface area contributed by atoms with Crippen molar-refractivity contribution in [3.63, 3.8) is 0 Å². The summed E-state index contributed by atoms with van der Waals surface area (Å²) in [5.41, 5.74) is -0.00798. The van der Waals surface area contributed by atoms with Crippen molar-refractivity contribution in [1.82, 2.24) is 0 Å². The Hall–Kier alpha value is -1.07. The van der Waals surface area contributed by atoms with Gasteiger partial charge < -0.3 is 5.11 Å². The minimum atomic E-state index is -0.00798. The summed E-state index contributed by atoms with van der Waals surface area (Å²) in [4.78, 5) is 10.6. The number of carbonyl (C=O) groups is 1. The van der Waals surface area contributed by atoms with Crippen molar-refractivity contribution in [2.24, 2.45) is 5.41 Å². The van der Waals surface area contributed by atoms with Crippen molar-refractivity contribution >= 4 is 5.78 Å². The molecule has 0 aliphatic heterocycles. The molecule has 0 aromatic heterocycles. The van der Waals surface area contributed by atoms with Gasteiger partial charge in [-0.3, -0.25) is 4.79 Å². The molecule has 0 aliphatic carbocycles. The Balaban J connectivity index is 3.91. The molecule has 0 fully saturated rings. The second-order valence-electron chi connectivity index (χ2n) is 4.31. The average Bonchev–Trinajstić information content (AvgIpc) is 2.14. The van der Waals surface area contributed by atoms with Crippen molar-refractivity contribution in [1.29, 1.82) is 0 Å². The van der Waals surface area contributed by atoms with Gasteiger partial charge in [0, 0.05) is 19.3 Å². The first-order valence-electron chi connectivity index (χ1n) is 5.21. The summed E-state index contributed by atoms with van der Waals surface area (Å²) in [7, 11) is 0. The van der Waals surface area contributed by atoms with Gasteiger partial charge in [0.05, 0.1) is 6.61 Å². The molecule has 0 aromatic rings. The van der Waals surface area contributed by atoms with Gasteiger partial charge in [-0.15, -0.1) is 11.8 Å². The highest BCUT2D eigenvalue weighted by atomic mass is 16.2. The number of Topliss-reactive ketones (excluding diaryl/α,β-unsaturated/α-hetero) is 1. The molecular formula is C13H20O2. The van der Waals surface area contributed by atoms with Crippen LogP contribution in [0.4, 0.5) is 0 Å². The van der Waals surface area contributed by atoms with Crippen LogP contribution in [0.25, 0.3) is 0 Å². The van der Waals surface area contributed by atoms with Gasteiger partial charge in [-0.2, -0.15) is 0 Å². The molecule has 0 bridgehead atoms. The van der Waals surface area contributed by atoms with E-state index in [0.29, 0.717) is 12.8 Å². The molecule has 0 radical (unpaired) electrons. The number of rotatable bonds is 5. The van der Waals surface area contributed by atoms with Crippen LogP contribution in [0, 0.1) is 17.3 Å². The van der Waals surface area contributed by atoms with Crippen LogP contribution in [0.1, 0.15) is 40.0 Å². The molecule has 1 N–H and O–H groups in total. The number of allylic oxidation sites excluding steroid dienone is 1. The lowest BCUT2D eigenvalue weighted by molar-refractivity contribution is -0.116. The first-order chi connectivity index (χ1) is 6.98. The van der Waals surface area contributed by atoms with Gasteiger partial charge in [-0.25, -0.2) is 0 Å². The molecular weight excluding hydrogens is 188 g/mol. The van der Waals surface area contributed by atoms with Gasteiger partial charge in [0.2, 0.25) is 0 Å². The molecule has 0 spiro atoms. The number of hydrogen-bond acceptors (Lipinski definition) is 2. The highest BCUT2D eigenvalue weighted by molar-refractivity contribution is 5.75. The van der Waals surface area contributed by atoms with Crippen molar-refractivity contribution in [2.75, 3.05) is 6.61 Å². The van der Waals surface area contributed by atoms with Gasteiger partial charge in [0.1, 0.15) is 5.78 Å². The molecule has 2 heteroatoms. The molecule has 0 unspecified atom stereocenters. The fraction of sp³-hybridized carbons (Fsp3) is 0.615. The second kappa shape index (κ2) is 7.25. The first-order valence-corrected chi connectivity index (χ1v) is 5.21. The molecule has 0 rings (SSSR count). The third-order valence-corrected chi connectivity index (χ3v) is 1.95. The number of aliphatic hydroxyl groups excluding tert-OH is 1. The number of ketones is 1. The SMILES string of the molecule is CC(=O)CCC#CCC(C)(C)/C=C/CO. The van der Waals surface area contributed by atoms with Gasteiger partial charge >= 0.3 is 0 Å². The molecule has 0 atom stereocenters. The van der Waals surface area contributed by atoms with Gasteiger partial charge in [-0.1, -0.05) is 26.0 Å². The van der Waals surface area contributed by atoms with Crippen LogP contribution in [0.2, 0.25) is 0 Å². The van der Waals surface area contributed by atoms with E-state index in [1.165, 1.54) is 0 Å². The van der Waals surface area contributed by atoms with Crippen LogP contribution in [0.5, 0.6) is 0 Å². The first kappa shape index (κ1) is 13.9. The summed E-state index contributed by atoms with van der Waals surface area (Å²) in [6, 6.07) is 0. The Morgan fingerprint density at radius 3 is 2.60 bits per heavy atom.